The molecule has 5 heteroatoms. The summed E-state index contributed by atoms with van der Waals surface area (Å²) in [4.78, 5) is 12.2. The summed E-state index contributed by atoms with van der Waals surface area (Å²) in [6, 6.07) is 2.09. The quantitative estimate of drug-likeness (QED) is 0.883. The molecular formula is C15H25N3O2. The summed E-state index contributed by atoms with van der Waals surface area (Å²) in [5.41, 5.74) is 1.57. The molecule has 1 aliphatic carbocycles. The van der Waals surface area contributed by atoms with Crippen LogP contribution in [0.3, 0.4) is 0 Å². The van der Waals surface area contributed by atoms with Crippen LogP contribution in [0.5, 0.6) is 0 Å². The first-order valence-electron chi connectivity index (χ1n) is 7.47. The third-order valence-electron chi connectivity index (χ3n) is 4.18. The summed E-state index contributed by atoms with van der Waals surface area (Å²) in [7, 11) is 1.87. The molecule has 2 rings (SSSR count). The first-order chi connectivity index (χ1) is 9.51. The van der Waals surface area contributed by atoms with E-state index in [2.05, 4.69) is 24.3 Å². The van der Waals surface area contributed by atoms with Gasteiger partial charge in [-0.2, -0.15) is 5.10 Å². The number of aliphatic hydroxyl groups excluding tert-OH is 1. The number of rotatable bonds is 4. The van der Waals surface area contributed by atoms with E-state index in [-0.39, 0.29) is 18.6 Å². The molecule has 1 saturated carbocycles. The van der Waals surface area contributed by atoms with Crippen LogP contribution in [0, 0.1) is 5.92 Å². The minimum absolute atomic E-state index is 0.0834. The van der Waals surface area contributed by atoms with Gasteiger partial charge in [-0.15, -0.1) is 0 Å². The Kier molecular flexibility index (Phi) is 4.81. The van der Waals surface area contributed by atoms with Gasteiger partial charge in [-0.3, -0.25) is 9.48 Å². The van der Waals surface area contributed by atoms with Crippen molar-refractivity contribution in [2.45, 2.75) is 51.5 Å². The number of carbonyl (C=O) groups is 1. The van der Waals surface area contributed by atoms with Gasteiger partial charge in [0.1, 0.15) is 5.69 Å². The molecule has 0 atom stereocenters. The summed E-state index contributed by atoms with van der Waals surface area (Å²) < 4.78 is 1.78. The highest BCUT2D eigenvalue weighted by atomic mass is 16.3. The van der Waals surface area contributed by atoms with E-state index >= 15 is 0 Å². The van der Waals surface area contributed by atoms with E-state index in [4.69, 9.17) is 5.11 Å². The molecule has 20 heavy (non-hydrogen) atoms. The Balaban J connectivity index is 1.94. The molecule has 112 valence electrons. The van der Waals surface area contributed by atoms with Crippen molar-refractivity contribution in [1.29, 1.82) is 0 Å². The minimum Gasteiger partial charge on any atom is -0.396 e. The van der Waals surface area contributed by atoms with E-state index in [9.17, 15) is 4.79 Å². The zero-order valence-corrected chi connectivity index (χ0v) is 12.6. The highest BCUT2D eigenvalue weighted by Gasteiger charge is 2.23. The molecule has 0 unspecified atom stereocenters. The number of aromatic nitrogens is 2. The number of carbonyl (C=O) groups excluding carboxylic acids is 1. The second kappa shape index (κ2) is 6.39. The molecule has 1 aromatic rings. The lowest BCUT2D eigenvalue weighted by molar-refractivity contribution is 0.0908. The first-order valence-corrected chi connectivity index (χ1v) is 7.47. The molecule has 1 fully saturated rings. The Bertz CT molecular complexity index is 460. The van der Waals surface area contributed by atoms with Gasteiger partial charge >= 0.3 is 0 Å². The predicted octanol–water partition coefficient (Wildman–Crippen LogP) is 1.82. The largest absolute Gasteiger partial charge is 0.396 e. The smallest absolute Gasteiger partial charge is 0.272 e. The number of amides is 1. The molecule has 0 spiro atoms. The molecule has 2 N–H and O–H groups in total. The number of hydrogen-bond donors (Lipinski definition) is 2. The topological polar surface area (TPSA) is 67.2 Å². The lowest BCUT2D eigenvalue weighted by atomic mass is 9.86. The summed E-state index contributed by atoms with van der Waals surface area (Å²) in [5, 5.41) is 16.5. The van der Waals surface area contributed by atoms with Crippen LogP contribution in [0.25, 0.3) is 0 Å². The van der Waals surface area contributed by atoms with Gasteiger partial charge in [-0.1, -0.05) is 13.8 Å². The number of nitrogens with zero attached hydrogens (tertiary/aromatic N) is 2. The summed E-state index contributed by atoms with van der Waals surface area (Å²) in [6.45, 7) is 4.45. The Hall–Kier alpha value is -1.36. The molecule has 0 saturated heterocycles. The van der Waals surface area contributed by atoms with Gasteiger partial charge in [0.15, 0.2) is 0 Å². The third kappa shape index (κ3) is 3.39. The van der Waals surface area contributed by atoms with Gasteiger partial charge in [0.05, 0.1) is 0 Å². The predicted molar refractivity (Wildman–Crippen MR) is 77.6 cm³/mol. The Morgan fingerprint density at radius 1 is 1.45 bits per heavy atom. The van der Waals surface area contributed by atoms with Crippen molar-refractivity contribution in [3.8, 4) is 0 Å². The zero-order chi connectivity index (χ0) is 14.7. The van der Waals surface area contributed by atoms with E-state index < -0.39 is 0 Å². The van der Waals surface area contributed by atoms with E-state index in [1.165, 1.54) is 0 Å². The van der Waals surface area contributed by atoms with Crippen LogP contribution in [0.2, 0.25) is 0 Å². The van der Waals surface area contributed by atoms with Gasteiger partial charge < -0.3 is 10.4 Å². The molecule has 5 nitrogen and oxygen atoms in total. The molecular weight excluding hydrogens is 254 g/mol. The van der Waals surface area contributed by atoms with Crippen molar-refractivity contribution < 1.29 is 9.90 Å². The molecule has 0 radical (unpaired) electrons. The maximum absolute atomic E-state index is 12.2. The maximum atomic E-state index is 12.2. The number of hydrogen-bond acceptors (Lipinski definition) is 3. The molecule has 1 amide bonds. The number of aryl methyl sites for hydroxylation is 1. The molecule has 1 aliphatic rings. The van der Waals surface area contributed by atoms with E-state index in [0.717, 1.165) is 31.4 Å². The van der Waals surface area contributed by atoms with Gasteiger partial charge in [-0.25, -0.2) is 0 Å². The van der Waals surface area contributed by atoms with Crippen LogP contribution < -0.4 is 5.32 Å². The second-order valence-electron chi connectivity index (χ2n) is 6.11. The Morgan fingerprint density at radius 3 is 2.60 bits per heavy atom. The standard InChI is InChI=1S/C15H25N3O2/c1-10(2)14-8-13(17-18(14)3)15(20)16-12-6-4-11(9-19)5-7-12/h8,10-12,19H,4-7,9H2,1-3H3,(H,16,20). The van der Waals surface area contributed by atoms with Crippen LogP contribution in [0.15, 0.2) is 6.07 Å². The highest BCUT2D eigenvalue weighted by molar-refractivity contribution is 5.92. The number of nitrogens with one attached hydrogen (secondary N) is 1. The molecule has 1 aromatic heterocycles. The van der Waals surface area contributed by atoms with Crippen molar-refractivity contribution in [1.82, 2.24) is 15.1 Å². The lowest BCUT2D eigenvalue weighted by Crippen LogP contribution is -2.38. The van der Waals surface area contributed by atoms with E-state index in [0.29, 0.717) is 17.5 Å². The Labute approximate surface area is 120 Å². The first kappa shape index (κ1) is 15.0. The van der Waals surface area contributed by atoms with Crippen molar-refractivity contribution in [2.24, 2.45) is 13.0 Å². The monoisotopic (exact) mass is 279 g/mol. The summed E-state index contributed by atoms with van der Waals surface area (Å²) in [6.07, 6.45) is 3.86. The van der Waals surface area contributed by atoms with Crippen LogP contribution in [0.1, 0.15) is 61.6 Å². The Morgan fingerprint density at radius 2 is 2.10 bits per heavy atom. The molecule has 1 heterocycles. The van der Waals surface area contributed by atoms with Crippen LogP contribution in [0.4, 0.5) is 0 Å². The van der Waals surface area contributed by atoms with Crippen molar-refractivity contribution in [3.63, 3.8) is 0 Å². The molecule has 0 aromatic carbocycles. The summed E-state index contributed by atoms with van der Waals surface area (Å²) in [5.74, 6) is 0.680. The average Bonchev–Trinajstić information content (AvgIpc) is 2.82. The highest BCUT2D eigenvalue weighted by Crippen LogP contribution is 2.24. The van der Waals surface area contributed by atoms with Crippen molar-refractivity contribution in [2.75, 3.05) is 6.61 Å². The SMILES string of the molecule is CC(C)c1cc(C(=O)NC2CCC(CO)CC2)nn1C. The molecule has 0 bridgehead atoms. The molecule has 0 aliphatic heterocycles. The third-order valence-corrected chi connectivity index (χ3v) is 4.18. The van der Waals surface area contributed by atoms with Gasteiger partial charge in [-0.05, 0) is 43.6 Å². The van der Waals surface area contributed by atoms with Crippen LogP contribution >= 0.6 is 0 Å². The maximum Gasteiger partial charge on any atom is 0.272 e. The van der Waals surface area contributed by atoms with Gasteiger partial charge in [0.2, 0.25) is 0 Å². The minimum atomic E-state index is -0.0834. The normalized spacial score (nSPS) is 23.1. The van der Waals surface area contributed by atoms with Gasteiger partial charge in [0, 0.05) is 25.4 Å². The van der Waals surface area contributed by atoms with Gasteiger partial charge in [0.25, 0.3) is 5.91 Å². The van der Waals surface area contributed by atoms with Crippen LogP contribution in [-0.2, 0) is 7.05 Å². The lowest BCUT2D eigenvalue weighted by Gasteiger charge is -2.27. The zero-order valence-electron chi connectivity index (χ0n) is 12.6. The number of aliphatic hydroxyl groups is 1. The average molecular weight is 279 g/mol. The fourth-order valence-electron chi connectivity index (χ4n) is 2.88. The van der Waals surface area contributed by atoms with Crippen LogP contribution in [-0.4, -0.2) is 33.4 Å². The van der Waals surface area contributed by atoms with Crippen molar-refractivity contribution >= 4 is 5.91 Å². The van der Waals surface area contributed by atoms with E-state index in [1.54, 1.807) is 4.68 Å². The fourth-order valence-corrected chi connectivity index (χ4v) is 2.88. The summed E-state index contributed by atoms with van der Waals surface area (Å²) >= 11 is 0. The van der Waals surface area contributed by atoms with E-state index in [1.807, 2.05) is 13.1 Å². The van der Waals surface area contributed by atoms with Crippen molar-refractivity contribution in [3.05, 3.63) is 17.5 Å². The second-order valence-corrected chi connectivity index (χ2v) is 6.11. The fraction of sp³-hybridized carbons (Fsp3) is 0.733.